The van der Waals surface area contributed by atoms with Crippen LogP contribution in [-0.4, -0.2) is 43.8 Å². The van der Waals surface area contributed by atoms with Gasteiger partial charge < -0.3 is 15.0 Å². The quantitative estimate of drug-likeness (QED) is 0.338. The molecule has 0 bridgehead atoms. The summed E-state index contributed by atoms with van der Waals surface area (Å²) in [5.74, 6) is 0. The van der Waals surface area contributed by atoms with E-state index in [-0.39, 0.29) is 0 Å². The molecular weight excluding hydrogens is 260 g/mol. The number of nitrogen functional groups attached to an aromatic ring is 1. The third-order valence-corrected chi connectivity index (χ3v) is 2.42. The first-order chi connectivity index (χ1) is 8.36. The van der Waals surface area contributed by atoms with E-state index in [9.17, 15) is 0 Å². The lowest BCUT2D eigenvalue weighted by Crippen LogP contribution is -3.09. The largest absolute Gasteiger partial charge is 0.726 e. The maximum Gasteiger partial charge on any atom is 0.215 e. The lowest BCUT2D eigenvalue weighted by Gasteiger charge is -2.23. The van der Waals surface area contributed by atoms with Crippen LogP contribution in [0.15, 0.2) is 24.3 Å². The van der Waals surface area contributed by atoms with Gasteiger partial charge in [-0.1, -0.05) is 0 Å². The zero-order chi connectivity index (χ0) is 13.6. The minimum absolute atomic E-state index is 0.830. The molecular formula is C10H16N2O5S. The minimum Gasteiger partial charge on any atom is -0.726 e. The number of benzene rings is 1. The summed E-state index contributed by atoms with van der Waals surface area (Å²) >= 11 is 0. The molecule has 8 heteroatoms. The SMILES string of the molecule is Nc1ccc([NH+]2CCOCC2)cc1.O=S(=O)([O-])O. The van der Waals surface area contributed by atoms with Crippen molar-refractivity contribution in [2.24, 2.45) is 0 Å². The van der Waals surface area contributed by atoms with Gasteiger partial charge in [-0.3, -0.25) is 9.45 Å². The van der Waals surface area contributed by atoms with Crippen LogP contribution in [0.4, 0.5) is 11.4 Å². The average Bonchev–Trinajstić information content (AvgIpc) is 2.29. The van der Waals surface area contributed by atoms with Crippen molar-refractivity contribution in [2.45, 2.75) is 0 Å². The third kappa shape index (κ3) is 6.52. The lowest BCUT2D eigenvalue weighted by atomic mass is 10.2. The molecule has 0 amide bonds. The van der Waals surface area contributed by atoms with Crippen LogP contribution in [0.2, 0.25) is 0 Å². The Kier molecular flexibility index (Phi) is 5.51. The summed E-state index contributed by atoms with van der Waals surface area (Å²) in [7, 11) is -4.92. The van der Waals surface area contributed by atoms with Crippen LogP contribution in [0.25, 0.3) is 0 Å². The molecule has 1 aliphatic rings. The average molecular weight is 276 g/mol. The molecule has 0 saturated carbocycles. The third-order valence-electron chi connectivity index (χ3n) is 2.42. The van der Waals surface area contributed by atoms with Gasteiger partial charge in [0.2, 0.25) is 10.4 Å². The first-order valence-corrected chi connectivity index (χ1v) is 6.69. The number of anilines is 1. The van der Waals surface area contributed by atoms with Gasteiger partial charge in [-0.15, -0.1) is 0 Å². The molecule has 7 nitrogen and oxygen atoms in total. The molecule has 0 aliphatic carbocycles. The molecule has 2 rings (SSSR count). The summed E-state index contributed by atoms with van der Waals surface area (Å²) in [4.78, 5) is 1.49. The first-order valence-electron chi connectivity index (χ1n) is 5.33. The van der Waals surface area contributed by atoms with Crippen molar-refractivity contribution in [3.05, 3.63) is 24.3 Å². The lowest BCUT2D eigenvalue weighted by molar-refractivity contribution is -0.842. The van der Waals surface area contributed by atoms with Gasteiger partial charge in [0, 0.05) is 17.8 Å². The fraction of sp³-hybridized carbons (Fsp3) is 0.400. The van der Waals surface area contributed by atoms with E-state index in [4.69, 9.17) is 28.0 Å². The molecule has 0 atom stereocenters. The van der Waals surface area contributed by atoms with Crippen molar-refractivity contribution in [3.63, 3.8) is 0 Å². The summed E-state index contributed by atoms with van der Waals surface area (Å²) in [5, 5.41) is 0. The van der Waals surface area contributed by atoms with Crippen molar-refractivity contribution in [2.75, 3.05) is 32.0 Å². The number of ether oxygens (including phenoxy) is 1. The molecule has 102 valence electrons. The van der Waals surface area contributed by atoms with Crippen LogP contribution in [0.3, 0.4) is 0 Å². The van der Waals surface area contributed by atoms with E-state index in [2.05, 4.69) is 12.1 Å². The fourth-order valence-electron chi connectivity index (χ4n) is 1.63. The van der Waals surface area contributed by atoms with E-state index in [0.717, 1.165) is 32.0 Å². The van der Waals surface area contributed by atoms with E-state index in [1.807, 2.05) is 12.1 Å². The van der Waals surface area contributed by atoms with Crippen molar-refractivity contribution in [3.8, 4) is 0 Å². The van der Waals surface area contributed by atoms with Crippen LogP contribution in [0, 0.1) is 0 Å². The number of quaternary nitrogens is 1. The Morgan fingerprint density at radius 3 is 2.11 bits per heavy atom. The van der Waals surface area contributed by atoms with Gasteiger partial charge in [0.25, 0.3) is 0 Å². The smallest absolute Gasteiger partial charge is 0.215 e. The standard InChI is InChI=1S/C10H14N2O.H2O4S/c11-9-1-3-10(4-2-9)12-5-7-13-8-6-12;1-5(2,3)4/h1-4H,5-8,11H2;(H2,1,2,3,4). The second-order valence-electron chi connectivity index (χ2n) is 3.77. The number of nitrogens with two attached hydrogens (primary N) is 1. The Morgan fingerprint density at radius 2 is 1.67 bits per heavy atom. The summed E-state index contributed by atoms with van der Waals surface area (Å²) in [6.45, 7) is 3.84. The van der Waals surface area contributed by atoms with E-state index in [1.165, 1.54) is 10.6 Å². The zero-order valence-electron chi connectivity index (χ0n) is 9.70. The van der Waals surface area contributed by atoms with E-state index in [0.29, 0.717) is 0 Å². The predicted octanol–water partition coefficient (Wildman–Crippen LogP) is -1.18. The van der Waals surface area contributed by atoms with Crippen LogP contribution in [0.1, 0.15) is 0 Å². The highest BCUT2D eigenvalue weighted by Crippen LogP contribution is 2.06. The Balaban J connectivity index is 0.000000280. The number of rotatable bonds is 1. The molecule has 1 aliphatic heterocycles. The summed E-state index contributed by atoms with van der Waals surface area (Å²) < 4.78 is 38.1. The molecule has 18 heavy (non-hydrogen) atoms. The monoisotopic (exact) mass is 276 g/mol. The summed E-state index contributed by atoms with van der Waals surface area (Å²) in [5.41, 5.74) is 7.77. The molecule has 1 fully saturated rings. The number of hydrogen-bond donors (Lipinski definition) is 3. The predicted molar refractivity (Wildman–Crippen MR) is 64.4 cm³/mol. The Hall–Kier alpha value is -1.19. The van der Waals surface area contributed by atoms with E-state index in [1.54, 1.807) is 0 Å². The van der Waals surface area contributed by atoms with Gasteiger partial charge in [-0.2, -0.15) is 0 Å². The molecule has 0 radical (unpaired) electrons. The Labute approximate surface area is 106 Å². The van der Waals surface area contributed by atoms with Crippen LogP contribution in [-0.2, 0) is 15.1 Å². The highest BCUT2D eigenvalue weighted by Gasteiger charge is 2.15. The Morgan fingerprint density at radius 1 is 1.22 bits per heavy atom. The van der Waals surface area contributed by atoms with Crippen molar-refractivity contribution in [1.82, 2.24) is 0 Å². The van der Waals surface area contributed by atoms with Gasteiger partial charge in [0.15, 0.2) is 0 Å². The number of nitrogens with one attached hydrogen (secondary N) is 1. The second kappa shape index (κ2) is 6.66. The van der Waals surface area contributed by atoms with Crippen LogP contribution >= 0.6 is 0 Å². The molecule has 0 aromatic heterocycles. The van der Waals surface area contributed by atoms with Gasteiger partial charge in [0.1, 0.15) is 18.8 Å². The molecule has 0 spiro atoms. The Bertz CT molecular complexity index is 446. The molecule has 1 heterocycles. The zero-order valence-corrected chi connectivity index (χ0v) is 10.5. The van der Waals surface area contributed by atoms with E-state index < -0.39 is 10.4 Å². The molecule has 4 N–H and O–H groups in total. The number of hydrogen-bond acceptors (Lipinski definition) is 5. The topological polar surface area (TPSA) is 117 Å². The number of morpholine rings is 1. The van der Waals surface area contributed by atoms with Crippen molar-refractivity contribution >= 4 is 21.8 Å². The van der Waals surface area contributed by atoms with E-state index >= 15 is 0 Å². The van der Waals surface area contributed by atoms with Gasteiger partial charge in [-0.05, 0) is 12.1 Å². The molecule has 0 unspecified atom stereocenters. The normalized spacial score (nSPS) is 16.8. The van der Waals surface area contributed by atoms with Crippen LogP contribution in [0.5, 0.6) is 0 Å². The van der Waals surface area contributed by atoms with Crippen LogP contribution < -0.4 is 10.6 Å². The fourth-order valence-corrected chi connectivity index (χ4v) is 1.63. The van der Waals surface area contributed by atoms with Gasteiger partial charge in [-0.25, -0.2) is 8.42 Å². The summed E-state index contributed by atoms with van der Waals surface area (Å²) in [6, 6.07) is 8.10. The highest BCUT2D eigenvalue weighted by molar-refractivity contribution is 7.79. The maximum atomic E-state index is 8.63. The molecule has 1 aromatic rings. The minimum atomic E-state index is -4.92. The van der Waals surface area contributed by atoms with Crippen molar-refractivity contribution in [1.29, 1.82) is 0 Å². The van der Waals surface area contributed by atoms with Crippen molar-refractivity contribution < 1.29 is 27.2 Å². The summed E-state index contributed by atoms with van der Waals surface area (Å²) in [6.07, 6.45) is 0. The first kappa shape index (κ1) is 14.9. The van der Waals surface area contributed by atoms with Gasteiger partial charge in [0.05, 0.1) is 13.2 Å². The molecule has 1 aromatic carbocycles. The molecule has 1 saturated heterocycles. The maximum absolute atomic E-state index is 8.63. The van der Waals surface area contributed by atoms with Gasteiger partial charge >= 0.3 is 0 Å². The highest BCUT2D eigenvalue weighted by atomic mass is 32.3. The second-order valence-corrected chi connectivity index (χ2v) is 4.62.